The molecule has 3 N–H and O–H groups in total. The van der Waals surface area contributed by atoms with Crippen LogP contribution in [0.25, 0.3) is 11.2 Å². The van der Waals surface area contributed by atoms with E-state index in [1.807, 2.05) is 0 Å². The van der Waals surface area contributed by atoms with Crippen LogP contribution in [-0.4, -0.2) is 30.5 Å². The van der Waals surface area contributed by atoms with Crippen LogP contribution in [0.1, 0.15) is 27.2 Å². The molecule has 146 valence electrons. The first kappa shape index (κ1) is 18.2. The fourth-order valence-corrected chi connectivity index (χ4v) is 4.90. The Morgan fingerprint density at radius 1 is 1.25 bits per heavy atom. The summed E-state index contributed by atoms with van der Waals surface area (Å²) in [5.41, 5.74) is 6.14. The summed E-state index contributed by atoms with van der Waals surface area (Å²) in [6.07, 6.45) is 3.95. The molecule has 0 aliphatic heterocycles. The standard InChI is InChI=1S/C17H18N6O4S/c1-21-14-12(16(26)22(2)17(21)27)23(7-19-14)6-10(24)20-15-11(13(18)25)8-4-3-5-9(8)28-15/h7H,3-6H2,1-2H3,(H2,18,25)(H,20,24). The van der Waals surface area contributed by atoms with Crippen LogP contribution in [0.5, 0.6) is 0 Å². The molecule has 3 heterocycles. The molecule has 11 heteroatoms. The first-order valence-electron chi connectivity index (χ1n) is 8.64. The van der Waals surface area contributed by atoms with Gasteiger partial charge in [-0.3, -0.25) is 23.5 Å². The SMILES string of the molecule is Cn1c(=O)c2c(ncn2CC(=O)Nc2sc3c(c2C(N)=O)CCC3)n(C)c1=O. The fourth-order valence-electron chi connectivity index (χ4n) is 3.59. The number of imidazole rings is 1. The van der Waals surface area contributed by atoms with Gasteiger partial charge >= 0.3 is 5.69 Å². The number of amides is 2. The van der Waals surface area contributed by atoms with Gasteiger partial charge < -0.3 is 15.6 Å². The summed E-state index contributed by atoms with van der Waals surface area (Å²) in [7, 11) is 2.88. The number of carbonyl (C=O) groups is 2. The number of aromatic nitrogens is 4. The Kier molecular flexibility index (Phi) is 4.18. The van der Waals surface area contributed by atoms with Crippen molar-refractivity contribution in [2.24, 2.45) is 19.8 Å². The lowest BCUT2D eigenvalue weighted by molar-refractivity contribution is -0.116. The van der Waals surface area contributed by atoms with Gasteiger partial charge in [0.1, 0.15) is 11.5 Å². The fraction of sp³-hybridized carbons (Fsp3) is 0.353. The predicted molar refractivity (Wildman–Crippen MR) is 104 cm³/mol. The lowest BCUT2D eigenvalue weighted by atomic mass is 10.1. The minimum Gasteiger partial charge on any atom is -0.365 e. The van der Waals surface area contributed by atoms with Crippen LogP contribution in [0.2, 0.25) is 0 Å². The van der Waals surface area contributed by atoms with E-state index in [4.69, 9.17) is 5.73 Å². The van der Waals surface area contributed by atoms with E-state index in [1.165, 1.54) is 40.9 Å². The molecule has 0 radical (unpaired) electrons. The number of hydrogen-bond donors (Lipinski definition) is 2. The van der Waals surface area contributed by atoms with Crippen molar-refractivity contribution in [1.82, 2.24) is 18.7 Å². The van der Waals surface area contributed by atoms with Gasteiger partial charge in [-0.15, -0.1) is 11.3 Å². The maximum atomic E-state index is 12.6. The zero-order valence-corrected chi connectivity index (χ0v) is 16.1. The number of nitrogens with zero attached hydrogens (tertiary/aromatic N) is 4. The Balaban J connectivity index is 1.67. The average molecular weight is 402 g/mol. The van der Waals surface area contributed by atoms with Gasteiger partial charge in [0.25, 0.3) is 11.5 Å². The molecule has 1 aliphatic carbocycles. The van der Waals surface area contributed by atoms with Crippen LogP contribution in [0.3, 0.4) is 0 Å². The Morgan fingerprint density at radius 3 is 2.71 bits per heavy atom. The summed E-state index contributed by atoms with van der Waals surface area (Å²) in [4.78, 5) is 54.1. The first-order chi connectivity index (χ1) is 13.3. The molecule has 0 bridgehead atoms. The highest BCUT2D eigenvalue weighted by atomic mass is 32.1. The number of thiophene rings is 1. The topological polar surface area (TPSA) is 134 Å². The second-order valence-corrected chi connectivity index (χ2v) is 7.83. The molecule has 3 aromatic rings. The molecule has 0 aromatic carbocycles. The molecule has 3 aromatic heterocycles. The Morgan fingerprint density at radius 2 is 2.00 bits per heavy atom. The average Bonchev–Trinajstić information content (AvgIpc) is 3.32. The molecular formula is C17H18N6O4S. The first-order valence-corrected chi connectivity index (χ1v) is 9.46. The van der Waals surface area contributed by atoms with E-state index in [1.54, 1.807) is 0 Å². The quantitative estimate of drug-likeness (QED) is 0.619. The van der Waals surface area contributed by atoms with E-state index in [-0.39, 0.29) is 17.7 Å². The van der Waals surface area contributed by atoms with Crippen molar-refractivity contribution in [3.05, 3.63) is 43.2 Å². The van der Waals surface area contributed by atoms with E-state index in [9.17, 15) is 19.2 Å². The Hall–Kier alpha value is -3.21. The van der Waals surface area contributed by atoms with E-state index >= 15 is 0 Å². The van der Waals surface area contributed by atoms with Crippen LogP contribution < -0.4 is 22.3 Å². The smallest absolute Gasteiger partial charge is 0.332 e. The maximum absolute atomic E-state index is 12.6. The Bertz CT molecular complexity index is 1260. The zero-order chi connectivity index (χ0) is 20.2. The van der Waals surface area contributed by atoms with Crippen molar-refractivity contribution >= 4 is 39.3 Å². The van der Waals surface area contributed by atoms with Crippen molar-refractivity contribution in [2.75, 3.05) is 5.32 Å². The van der Waals surface area contributed by atoms with E-state index < -0.39 is 23.1 Å². The number of carbonyl (C=O) groups excluding carboxylic acids is 2. The van der Waals surface area contributed by atoms with E-state index in [0.717, 1.165) is 34.3 Å². The van der Waals surface area contributed by atoms with Gasteiger partial charge in [-0.1, -0.05) is 0 Å². The van der Waals surface area contributed by atoms with Gasteiger partial charge in [-0.05, 0) is 24.8 Å². The second-order valence-electron chi connectivity index (χ2n) is 6.72. The van der Waals surface area contributed by atoms with Crippen molar-refractivity contribution < 1.29 is 9.59 Å². The van der Waals surface area contributed by atoms with Gasteiger partial charge in [0.2, 0.25) is 5.91 Å². The predicted octanol–water partition coefficient (Wildman–Crippen LogP) is -0.278. The van der Waals surface area contributed by atoms with Crippen molar-refractivity contribution in [1.29, 1.82) is 0 Å². The minimum absolute atomic E-state index is 0.156. The third-order valence-corrected chi connectivity index (χ3v) is 6.16. The number of fused-ring (bicyclic) bond motifs is 2. The molecule has 0 spiro atoms. The van der Waals surface area contributed by atoms with E-state index in [0.29, 0.717) is 10.6 Å². The maximum Gasteiger partial charge on any atom is 0.332 e. The summed E-state index contributed by atoms with van der Waals surface area (Å²) in [5.74, 6) is -0.982. The van der Waals surface area contributed by atoms with Crippen molar-refractivity contribution in [3.63, 3.8) is 0 Å². The third-order valence-electron chi connectivity index (χ3n) is 4.95. The molecule has 10 nitrogen and oxygen atoms in total. The summed E-state index contributed by atoms with van der Waals surface area (Å²) < 4.78 is 3.60. The van der Waals surface area contributed by atoms with Gasteiger partial charge in [0.05, 0.1) is 11.9 Å². The number of aryl methyl sites for hydroxylation is 2. The molecule has 1 aliphatic rings. The van der Waals surface area contributed by atoms with Crippen LogP contribution in [0.4, 0.5) is 5.00 Å². The number of anilines is 1. The number of nitrogens with two attached hydrogens (primary N) is 1. The number of hydrogen-bond acceptors (Lipinski definition) is 6. The van der Waals surface area contributed by atoms with Crippen molar-refractivity contribution in [3.8, 4) is 0 Å². The van der Waals surface area contributed by atoms with Crippen LogP contribution in [-0.2, 0) is 38.3 Å². The summed E-state index contributed by atoms with van der Waals surface area (Å²) in [6, 6.07) is 0. The summed E-state index contributed by atoms with van der Waals surface area (Å²) in [6.45, 7) is -0.190. The number of rotatable bonds is 4. The van der Waals surface area contributed by atoms with Gasteiger partial charge in [0, 0.05) is 19.0 Å². The highest BCUT2D eigenvalue weighted by molar-refractivity contribution is 7.17. The molecule has 0 fully saturated rings. The zero-order valence-electron chi connectivity index (χ0n) is 15.3. The molecule has 0 atom stereocenters. The number of primary amides is 1. The summed E-state index contributed by atoms with van der Waals surface area (Å²) in [5, 5.41) is 3.17. The van der Waals surface area contributed by atoms with Gasteiger partial charge in [0.15, 0.2) is 11.2 Å². The van der Waals surface area contributed by atoms with Crippen LogP contribution >= 0.6 is 11.3 Å². The molecule has 28 heavy (non-hydrogen) atoms. The van der Waals surface area contributed by atoms with Crippen LogP contribution in [0, 0.1) is 0 Å². The molecule has 2 amide bonds. The largest absolute Gasteiger partial charge is 0.365 e. The van der Waals surface area contributed by atoms with Crippen LogP contribution in [0.15, 0.2) is 15.9 Å². The normalized spacial score (nSPS) is 13.1. The lowest BCUT2D eigenvalue weighted by Crippen LogP contribution is -2.37. The highest BCUT2D eigenvalue weighted by Gasteiger charge is 2.26. The minimum atomic E-state index is -0.563. The third kappa shape index (κ3) is 2.66. The molecule has 0 saturated carbocycles. The summed E-state index contributed by atoms with van der Waals surface area (Å²) >= 11 is 1.36. The molecule has 0 saturated heterocycles. The Labute approximate surface area is 162 Å². The number of nitrogens with one attached hydrogen (secondary N) is 1. The monoisotopic (exact) mass is 402 g/mol. The molecule has 4 rings (SSSR count). The van der Waals surface area contributed by atoms with E-state index in [2.05, 4.69) is 10.3 Å². The highest BCUT2D eigenvalue weighted by Crippen LogP contribution is 2.38. The van der Waals surface area contributed by atoms with Gasteiger partial charge in [-0.25, -0.2) is 9.78 Å². The second kappa shape index (κ2) is 6.44. The lowest BCUT2D eigenvalue weighted by Gasteiger charge is -2.08. The molecular weight excluding hydrogens is 384 g/mol. The van der Waals surface area contributed by atoms with Gasteiger partial charge in [-0.2, -0.15) is 0 Å². The molecule has 0 unspecified atom stereocenters. The van der Waals surface area contributed by atoms with Crippen molar-refractivity contribution in [2.45, 2.75) is 25.8 Å².